The maximum absolute atomic E-state index is 9.34. The van der Waals surface area contributed by atoms with Crippen LogP contribution in [0, 0.1) is 0 Å². The monoisotopic (exact) mass is 242 g/mol. The van der Waals surface area contributed by atoms with Crippen LogP contribution in [0.2, 0.25) is 0 Å². The van der Waals surface area contributed by atoms with Crippen LogP contribution in [0.5, 0.6) is 0 Å². The lowest BCUT2D eigenvalue weighted by Gasteiger charge is -1.97. The van der Waals surface area contributed by atoms with Crippen LogP contribution in [0.25, 0.3) is 22.4 Å². The summed E-state index contributed by atoms with van der Waals surface area (Å²) in [6.45, 7) is 1.57. The molecule has 0 unspecified atom stereocenters. The van der Waals surface area contributed by atoms with Gasteiger partial charge in [-0.05, 0) is 25.1 Å². The van der Waals surface area contributed by atoms with E-state index in [-0.39, 0.29) is 5.89 Å². The van der Waals surface area contributed by atoms with Crippen LogP contribution < -0.4 is 0 Å². The highest BCUT2D eigenvalue weighted by Crippen LogP contribution is 2.21. The van der Waals surface area contributed by atoms with Gasteiger partial charge in [0.05, 0.1) is 11.0 Å². The van der Waals surface area contributed by atoms with Gasteiger partial charge in [0.15, 0.2) is 0 Å². The Bertz CT molecular complexity index is 693. The molecule has 3 aromatic rings. The largest absolute Gasteiger partial charge is 0.384 e. The van der Waals surface area contributed by atoms with Gasteiger partial charge in [-0.25, -0.2) is 0 Å². The normalized spacial score (nSPS) is 12.8. The maximum atomic E-state index is 9.34. The van der Waals surface area contributed by atoms with Gasteiger partial charge in [-0.15, -0.1) is 0 Å². The first-order chi connectivity index (χ1) is 8.74. The molecule has 0 saturated heterocycles. The third-order valence-corrected chi connectivity index (χ3v) is 2.53. The van der Waals surface area contributed by atoms with Gasteiger partial charge in [-0.2, -0.15) is 4.98 Å². The van der Waals surface area contributed by atoms with E-state index in [1.165, 1.54) is 0 Å². The highest BCUT2D eigenvalue weighted by molar-refractivity contribution is 5.79. The molecule has 0 spiro atoms. The Kier molecular flexibility index (Phi) is 2.49. The second kappa shape index (κ2) is 4.15. The quantitative estimate of drug-likeness (QED) is 0.736. The molecule has 0 bridgehead atoms. The number of aliphatic hydroxyl groups excluding tert-OH is 1. The van der Waals surface area contributed by atoms with Crippen molar-refractivity contribution < 1.29 is 9.63 Å². The molecule has 1 aromatic carbocycles. The zero-order chi connectivity index (χ0) is 12.5. The Morgan fingerprint density at radius 1 is 1.17 bits per heavy atom. The summed E-state index contributed by atoms with van der Waals surface area (Å²) in [6.07, 6.45) is 2.50. The molecule has 6 heteroatoms. The lowest BCUT2D eigenvalue weighted by molar-refractivity contribution is 0.152. The van der Waals surface area contributed by atoms with Crippen LogP contribution >= 0.6 is 0 Å². The topological polar surface area (TPSA) is 84.9 Å². The van der Waals surface area contributed by atoms with Gasteiger partial charge in [-0.3, -0.25) is 9.97 Å². The van der Waals surface area contributed by atoms with Crippen LogP contribution in [-0.2, 0) is 0 Å². The van der Waals surface area contributed by atoms with Crippen molar-refractivity contribution in [2.24, 2.45) is 0 Å². The van der Waals surface area contributed by atoms with Crippen molar-refractivity contribution in [3.05, 3.63) is 36.5 Å². The molecule has 0 fully saturated rings. The number of benzene rings is 1. The van der Waals surface area contributed by atoms with Gasteiger partial charge >= 0.3 is 0 Å². The van der Waals surface area contributed by atoms with Crippen molar-refractivity contribution in [3.63, 3.8) is 0 Å². The van der Waals surface area contributed by atoms with Crippen molar-refractivity contribution in [2.75, 3.05) is 0 Å². The number of hydrogen-bond acceptors (Lipinski definition) is 6. The fourth-order valence-corrected chi connectivity index (χ4v) is 1.62. The van der Waals surface area contributed by atoms with E-state index >= 15 is 0 Å². The fraction of sp³-hybridized carbons (Fsp3) is 0.167. The minimum Gasteiger partial charge on any atom is -0.384 e. The van der Waals surface area contributed by atoms with E-state index < -0.39 is 6.10 Å². The first-order valence-corrected chi connectivity index (χ1v) is 5.47. The lowest BCUT2D eigenvalue weighted by atomic mass is 10.2. The highest BCUT2D eigenvalue weighted by atomic mass is 16.5. The molecule has 2 aromatic heterocycles. The van der Waals surface area contributed by atoms with Crippen molar-refractivity contribution in [2.45, 2.75) is 13.0 Å². The summed E-state index contributed by atoms with van der Waals surface area (Å²) in [7, 11) is 0. The molecule has 0 radical (unpaired) electrons. The van der Waals surface area contributed by atoms with Crippen LogP contribution in [-0.4, -0.2) is 25.2 Å². The Balaban J connectivity index is 2.07. The molecule has 0 aliphatic heterocycles. The van der Waals surface area contributed by atoms with E-state index in [2.05, 4.69) is 20.1 Å². The average molecular weight is 242 g/mol. The van der Waals surface area contributed by atoms with Gasteiger partial charge in [0, 0.05) is 18.0 Å². The molecular formula is C12H10N4O2. The Labute approximate surface area is 102 Å². The first kappa shape index (κ1) is 10.8. The van der Waals surface area contributed by atoms with Gasteiger partial charge in [0.25, 0.3) is 5.89 Å². The Morgan fingerprint density at radius 2 is 1.94 bits per heavy atom. The van der Waals surface area contributed by atoms with E-state index in [1.54, 1.807) is 19.3 Å². The smallest absolute Gasteiger partial charge is 0.255 e. The molecule has 18 heavy (non-hydrogen) atoms. The standard InChI is InChI=1S/C12H10N4O2/c1-7(17)12-15-11(16-18-12)8-2-3-9-10(6-8)14-5-4-13-9/h2-7,17H,1H3/t7-/m1/s1. The number of fused-ring (bicyclic) bond motifs is 1. The molecule has 0 aliphatic carbocycles. The summed E-state index contributed by atoms with van der Waals surface area (Å²) in [5, 5.41) is 13.2. The highest BCUT2D eigenvalue weighted by Gasteiger charge is 2.13. The summed E-state index contributed by atoms with van der Waals surface area (Å²) in [5.41, 5.74) is 2.34. The van der Waals surface area contributed by atoms with E-state index in [0.717, 1.165) is 16.6 Å². The zero-order valence-electron chi connectivity index (χ0n) is 9.61. The number of aromatic nitrogens is 4. The third-order valence-electron chi connectivity index (χ3n) is 2.53. The van der Waals surface area contributed by atoms with E-state index in [1.807, 2.05) is 18.2 Å². The summed E-state index contributed by atoms with van der Waals surface area (Å²) < 4.78 is 4.95. The Morgan fingerprint density at radius 3 is 2.67 bits per heavy atom. The molecule has 1 N–H and O–H groups in total. The van der Waals surface area contributed by atoms with Crippen LogP contribution in [0.3, 0.4) is 0 Å². The minimum absolute atomic E-state index is 0.198. The molecule has 2 heterocycles. The lowest BCUT2D eigenvalue weighted by Crippen LogP contribution is -1.90. The summed E-state index contributed by atoms with van der Waals surface area (Å²) >= 11 is 0. The molecular weight excluding hydrogens is 232 g/mol. The molecule has 0 aliphatic rings. The van der Waals surface area contributed by atoms with E-state index in [9.17, 15) is 5.11 Å². The third kappa shape index (κ3) is 1.82. The van der Waals surface area contributed by atoms with Crippen molar-refractivity contribution >= 4 is 11.0 Å². The average Bonchev–Trinajstić information content (AvgIpc) is 2.88. The second-order valence-corrected chi connectivity index (χ2v) is 3.89. The summed E-state index contributed by atoms with van der Waals surface area (Å²) in [6, 6.07) is 5.52. The number of aliphatic hydroxyl groups is 1. The predicted molar refractivity (Wildman–Crippen MR) is 63.5 cm³/mol. The maximum Gasteiger partial charge on any atom is 0.255 e. The van der Waals surface area contributed by atoms with Gasteiger partial charge < -0.3 is 9.63 Å². The molecule has 1 atom stereocenters. The molecule has 90 valence electrons. The number of nitrogens with zero attached hydrogens (tertiary/aromatic N) is 4. The first-order valence-electron chi connectivity index (χ1n) is 5.47. The minimum atomic E-state index is -0.772. The Hall–Kier alpha value is -2.34. The van der Waals surface area contributed by atoms with E-state index in [0.29, 0.717) is 5.82 Å². The molecule has 0 amide bonds. The van der Waals surface area contributed by atoms with Crippen molar-refractivity contribution in [1.82, 2.24) is 20.1 Å². The zero-order valence-corrected chi connectivity index (χ0v) is 9.61. The molecule has 3 rings (SSSR count). The summed E-state index contributed by atoms with van der Waals surface area (Å²) in [5.74, 6) is 0.627. The SMILES string of the molecule is C[C@@H](O)c1nc(-c2ccc3nccnc3c2)no1. The van der Waals surface area contributed by atoms with Crippen LogP contribution in [0.1, 0.15) is 18.9 Å². The number of hydrogen-bond donors (Lipinski definition) is 1. The van der Waals surface area contributed by atoms with Crippen LogP contribution in [0.15, 0.2) is 35.1 Å². The van der Waals surface area contributed by atoms with Crippen LogP contribution in [0.4, 0.5) is 0 Å². The van der Waals surface area contributed by atoms with E-state index in [4.69, 9.17) is 4.52 Å². The molecule has 6 nitrogen and oxygen atoms in total. The molecule has 0 saturated carbocycles. The van der Waals surface area contributed by atoms with Gasteiger partial charge in [0.1, 0.15) is 6.10 Å². The van der Waals surface area contributed by atoms with Crippen molar-refractivity contribution in [3.8, 4) is 11.4 Å². The fourth-order valence-electron chi connectivity index (χ4n) is 1.62. The van der Waals surface area contributed by atoms with Gasteiger partial charge in [0.2, 0.25) is 5.82 Å². The second-order valence-electron chi connectivity index (χ2n) is 3.89. The summed E-state index contributed by atoms with van der Waals surface area (Å²) in [4.78, 5) is 12.5. The van der Waals surface area contributed by atoms with Crippen molar-refractivity contribution in [1.29, 1.82) is 0 Å². The predicted octanol–water partition coefficient (Wildman–Crippen LogP) is 1.73. The number of rotatable bonds is 2. The van der Waals surface area contributed by atoms with Gasteiger partial charge in [-0.1, -0.05) is 5.16 Å².